The van der Waals surface area contributed by atoms with Gasteiger partial charge in [0.05, 0.1) is 12.1 Å². The average molecular weight is 167 g/mol. The molecule has 0 saturated heterocycles. The fraction of sp³-hybridized carbons (Fsp3) is 0.800. The van der Waals surface area contributed by atoms with Gasteiger partial charge >= 0.3 is 0 Å². The molecule has 0 aromatic heterocycles. The highest BCUT2D eigenvalue weighted by molar-refractivity contribution is 5.06. The first-order valence-electron chi connectivity index (χ1n) is 4.58. The summed E-state index contributed by atoms with van der Waals surface area (Å²) in [6.07, 6.45) is 8.15. The summed E-state index contributed by atoms with van der Waals surface area (Å²) in [5.41, 5.74) is 0. The second-order valence-electron chi connectivity index (χ2n) is 3.19. The molecule has 12 heavy (non-hydrogen) atoms. The third-order valence-electron chi connectivity index (χ3n) is 2.26. The maximum absolute atomic E-state index is 5.60. The number of terminal acetylenes is 1. The summed E-state index contributed by atoms with van der Waals surface area (Å²) < 4.78 is 5.60. The van der Waals surface area contributed by atoms with E-state index in [0.29, 0.717) is 5.92 Å². The van der Waals surface area contributed by atoms with Crippen molar-refractivity contribution < 1.29 is 4.74 Å². The zero-order valence-electron chi connectivity index (χ0n) is 7.84. The molecule has 1 fully saturated rings. The van der Waals surface area contributed by atoms with Crippen LogP contribution in [-0.4, -0.2) is 25.8 Å². The van der Waals surface area contributed by atoms with Gasteiger partial charge in [-0.1, -0.05) is 5.92 Å². The van der Waals surface area contributed by atoms with Gasteiger partial charge in [0, 0.05) is 6.61 Å². The predicted molar refractivity (Wildman–Crippen MR) is 49.8 cm³/mol. The summed E-state index contributed by atoms with van der Waals surface area (Å²) in [6.45, 7) is 2.76. The second kappa shape index (κ2) is 4.49. The molecule has 2 nitrogen and oxygen atoms in total. The zero-order chi connectivity index (χ0) is 8.97. The third-order valence-corrected chi connectivity index (χ3v) is 2.26. The van der Waals surface area contributed by atoms with E-state index in [4.69, 9.17) is 11.2 Å². The van der Waals surface area contributed by atoms with Gasteiger partial charge in [0.1, 0.15) is 0 Å². The van der Waals surface area contributed by atoms with E-state index >= 15 is 0 Å². The van der Waals surface area contributed by atoms with E-state index < -0.39 is 0 Å². The van der Waals surface area contributed by atoms with E-state index in [1.165, 1.54) is 12.8 Å². The highest BCUT2D eigenvalue weighted by Crippen LogP contribution is 2.35. The standard InChI is InChI=1S/C10H17NO/c1-4-9(11-3)10(12-5-2)8-6-7-8/h1,8-11H,5-7H2,2-3H3. The van der Waals surface area contributed by atoms with Gasteiger partial charge in [-0.25, -0.2) is 0 Å². The quantitative estimate of drug-likeness (QED) is 0.617. The first-order chi connectivity index (χ1) is 5.83. The molecule has 0 aromatic carbocycles. The Morgan fingerprint density at radius 3 is 2.67 bits per heavy atom. The Bertz CT molecular complexity index is 169. The van der Waals surface area contributed by atoms with Gasteiger partial charge in [-0.05, 0) is 32.7 Å². The largest absolute Gasteiger partial charge is 0.376 e. The summed E-state index contributed by atoms with van der Waals surface area (Å²) in [5.74, 6) is 3.41. The molecule has 0 amide bonds. The van der Waals surface area contributed by atoms with Crippen LogP contribution in [0.3, 0.4) is 0 Å². The van der Waals surface area contributed by atoms with Gasteiger partial charge < -0.3 is 10.1 Å². The Morgan fingerprint density at radius 1 is 1.67 bits per heavy atom. The van der Waals surface area contributed by atoms with Crippen molar-refractivity contribution in [3.63, 3.8) is 0 Å². The highest BCUT2D eigenvalue weighted by Gasteiger charge is 2.35. The molecule has 1 rings (SSSR count). The highest BCUT2D eigenvalue weighted by atomic mass is 16.5. The summed E-state index contributed by atoms with van der Waals surface area (Å²) in [6, 6.07) is 0.0810. The lowest BCUT2D eigenvalue weighted by Crippen LogP contribution is -2.39. The molecule has 68 valence electrons. The number of hydrogen-bond donors (Lipinski definition) is 1. The maximum atomic E-state index is 5.60. The minimum absolute atomic E-state index is 0.0810. The Kier molecular flexibility index (Phi) is 3.58. The first kappa shape index (κ1) is 9.57. The molecule has 1 saturated carbocycles. The van der Waals surface area contributed by atoms with Crippen LogP contribution >= 0.6 is 0 Å². The SMILES string of the molecule is C#CC(NC)C(OCC)C1CC1. The normalized spacial score (nSPS) is 21.4. The number of ether oxygens (including phenoxy) is 1. The van der Waals surface area contributed by atoms with Gasteiger partial charge in [0.2, 0.25) is 0 Å². The van der Waals surface area contributed by atoms with Crippen LogP contribution in [0.2, 0.25) is 0 Å². The molecule has 1 aliphatic rings. The molecule has 0 radical (unpaired) electrons. The van der Waals surface area contributed by atoms with E-state index in [9.17, 15) is 0 Å². The van der Waals surface area contributed by atoms with E-state index in [-0.39, 0.29) is 12.1 Å². The van der Waals surface area contributed by atoms with E-state index in [1.807, 2.05) is 14.0 Å². The number of likely N-dealkylation sites (N-methyl/N-ethyl adjacent to an activating group) is 1. The molecule has 0 spiro atoms. The van der Waals surface area contributed by atoms with Crippen molar-refractivity contribution in [1.29, 1.82) is 0 Å². The molecule has 0 aromatic rings. The van der Waals surface area contributed by atoms with Crippen LogP contribution in [-0.2, 0) is 4.74 Å². The van der Waals surface area contributed by atoms with Gasteiger partial charge in [-0.3, -0.25) is 0 Å². The van der Waals surface area contributed by atoms with Crippen molar-refractivity contribution in [3.8, 4) is 12.3 Å². The van der Waals surface area contributed by atoms with Crippen LogP contribution in [0.4, 0.5) is 0 Å². The molecule has 0 bridgehead atoms. The molecule has 1 aliphatic carbocycles. The van der Waals surface area contributed by atoms with Gasteiger partial charge in [-0.15, -0.1) is 6.42 Å². The van der Waals surface area contributed by atoms with Crippen LogP contribution in [0, 0.1) is 18.3 Å². The summed E-state index contributed by atoms with van der Waals surface area (Å²) in [7, 11) is 1.89. The maximum Gasteiger partial charge on any atom is 0.0952 e. The lowest BCUT2D eigenvalue weighted by atomic mass is 10.1. The predicted octanol–water partition coefficient (Wildman–Crippen LogP) is 1.02. The monoisotopic (exact) mass is 167 g/mol. The van der Waals surface area contributed by atoms with Crippen molar-refractivity contribution in [3.05, 3.63) is 0 Å². The lowest BCUT2D eigenvalue weighted by molar-refractivity contribution is 0.0342. The molecule has 2 heteroatoms. The Labute approximate surface area is 74.7 Å². The molecular weight excluding hydrogens is 150 g/mol. The average Bonchev–Trinajstić information content (AvgIpc) is 2.88. The molecule has 2 atom stereocenters. The van der Waals surface area contributed by atoms with E-state index in [1.54, 1.807) is 0 Å². The molecule has 2 unspecified atom stereocenters. The topological polar surface area (TPSA) is 21.3 Å². The van der Waals surface area contributed by atoms with Crippen LogP contribution in [0.1, 0.15) is 19.8 Å². The van der Waals surface area contributed by atoms with Gasteiger partial charge in [0.15, 0.2) is 0 Å². The summed E-state index contributed by atoms with van der Waals surface area (Å²) >= 11 is 0. The molecule has 1 N–H and O–H groups in total. The smallest absolute Gasteiger partial charge is 0.0952 e. The Morgan fingerprint density at radius 2 is 2.33 bits per heavy atom. The van der Waals surface area contributed by atoms with Gasteiger partial charge in [-0.2, -0.15) is 0 Å². The van der Waals surface area contributed by atoms with Crippen molar-refractivity contribution in [2.45, 2.75) is 31.9 Å². The molecule has 0 aliphatic heterocycles. The van der Waals surface area contributed by atoms with Crippen molar-refractivity contribution in [2.75, 3.05) is 13.7 Å². The zero-order valence-corrected chi connectivity index (χ0v) is 7.84. The minimum Gasteiger partial charge on any atom is -0.376 e. The summed E-state index contributed by atoms with van der Waals surface area (Å²) in [5, 5.41) is 3.10. The fourth-order valence-electron chi connectivity index (χ4n) is 1.46. The third kappa shape index (κ3) is 2.23. The second-order valence-corrected chi connectivity index (χ2v) is 3.19. The summed E-state index contributed by atoms with van der Waals surface area (Å²) in [4.78, 5) is 0. The lowest BCUT2D eigenvalue weighted by Gasteiger charge is -2.22. The van der Waals surface area contributed by atoms with Crippen LogP contribution in [0.5, 0.6) is 0 Å². The number of rotatable bonds is 5. The van der Waals surface area contributed by atoms with Crippen LogP contribution < -0.4 is 5.32 Å². The molecular formula is C10H17NO. The molecule has 0 heterocycles. The van der Waals surface area contributed by atoms with Gasteiger partial charge in [0.25, 0.3) is 0 Å². The first-order valence-corrected chi connectivity index (χ1v) is 4.58. The van der Waals surface area contributed by atoms with Crippen LogP contribution in [0.15, 0.2) is 0 Å². The van der Waals surface area contributed by atoms with Crippen molar-refractivity contribution in [1.82, 2.24) is 5.32 Å². The van der Waals surface area contributed by atoms with Crippen molar-refractivity contribution >= 4 is 0 Å². The van der Waals surface area contributed by atoms with Crippen LogP contribution in [0.25, 0.3) is 0 Å². The van der Waals surface area contributed by atoms with E-state index in [2.05, 4.69) is 11.2 Å². The number of hydrogen-bond acceptors (Lipinski definition) is 2. The van der Waals surface area contributed by atoms with Crippen molar-refractivity contribution in [2.24, 2.45) is 5.92 Å². The number of nitrogens with one attached hydrogen (secondary N) is 1. The minimum atomic E-state index is 0.0810. The Balaban J connectivity index is 2.45. The Hall–Kier alpha value is -0.520. The fourth-order valence-corrected chi connectivity index (χ4v) is 1.46. The van der Waals surface area contributed by atoms with E-state index in [0.717, 1.165) is 6.61 Å².